The summed E-state index contributed by atoms with van der Waals surface area (Å²) in [4.78, 5) is 14.7. The van der Waals surface area contributed by atoms with Gasteiger partial charge in [-0.1, -0.05) is 18.2 Å². The van der Waals surface area contributed by atoms with Crippen molar-refractivity contribution in [1.82, 2.24) is 26.1 Å². The largest absolute Gasteiger partial charge is 0.497 e. The summed E-state index contributed by atoms with van der Waals surface area (Å²) in [5, 5.41) is 9.74. The highest BCUT2D eigenvalue weighted by molar-refractivity contribution is 5.89. The van der Waals surface area contributed by atoms with E-state index in [1.54, 1.807) is 14.2 Å². The lowest BCUT2D eigenvalue weighted by Crippen LogP contribution is -2.54. The predicted molar refractivity (Wildman–Crippen MR) is 138 cm³/mol. The highest BCUT2D eigenvalue weighted by atomic mass is 16.5. The molecule has 9 nitrogen and oxygen atoms in total. The highest BCUT2D eigenvalue weighted by Gasteiger charge is 2.44. The molecule has 1 amide bonds. The average Bonchev–Trinajstić information content (AvgIpc) is 3.51. The number of nitrogens with zero attached hydrogens (tertiary/aromatic N) is 3. The van der Waals surface area contributed by atoms with E-state index in [2.05, 4.69) is 69.4 Å². The van der Waals surface area contributed by atoms with E-state index < -0.39 is 0 Å². The number of carbonyl (C=O) groups excluding carboxylic acids is 1. The molecule has 0 saturated carbocycles. The number of carbonyl (C=O) groups is 1. The molecule has 0 spiro atoms. The molecule has 3 atom stereocenters. The minimum absolute atomic E-state index is 0.0287. The van der Waals surface area contributed by atoms with Crippen molar-refractivity contribution < 1.29 is 14.3 Å². The van der Waals surface area contributed by atoms with Gasteiger partial charge in [-0.3, -0.25) is 10.2 Å². The zero-order chi connectivity index (χ0) is 25.2. The second kappa shape index (κ2) is 10.1. The standard InChI is InChI=1S/C27H34N6O3/c1-17-5-6-19(13-18(17)2)22-15-23-27-30-29-25(32(27)11-12-33(23)31-22)9-10-26(34)28-16-20-7-8-21(35-3)14-24(20)36-4/h5-8,11-14,22-23,27,30-31H,9-10,15-16H2,1-4H3,(H,28,34). The summed E-state index contributed by atoms with van der Waals surface area (Å²) in [5.41, 5.74) is 11.8. The SMILES string of the molecule is COc1ccc(CNC(=O)CCC2=NNC3C4CC(c5ccc(C)c(C)c5)NN4C=CN23)c(OC)c1. The van der Waals surface area contributed by atoms with E-state index in [9.17, 15) is 4.79 Å². The van der Waals surface area contributed by atoms with Gasteiger partial charge in [-0.05, 0) is 49.1 Å². The molecule has 0 radical (unpaired) electrons. The monoisotopic (exact) mass is 490 g/mol. The first-order valence-electron chi connectivity index (χ1n) is 12.3. The van der Waals surface area contributed by atoms with Gasteiger partial charge in [-0.15, -0.1) is 0 Å². The van der Waals surface area contributed by atoms with E-state index in [-0.39, 0.29) is 24.2 Å². The Kier molecular flexibility index (Phi) is 6.73. The fourth-order valence-electron chi connectivity index (χ4n) is 5.02. The van der Waals surface area contributed by atoms with Crippen molar-refractivity contribution in [3.05, 3.63) is 71.1 Å². The topological polar surface area (TPSA) is 90.5 Å². The number of hydrazine groups is 1. The summed E-state index contributed by atoms with van der Waals surface area (Å²) in [7, 11) is 3.22. The van der Waals surface area contributed by atoms with Crippen LogP contribution in [0.15, 0.2) is 53.9 Å². The van der Waals surface area contributed by atoms with Gasteiger partial charge in [0.05, 0.1) is 26.3 Å². The Morgan fingerprint density at radius 3 is 2.75 bits per heavy atom. The Bertz CT molecular complexity index is 1200. The van der Waals surface area contributed by atoms with Crippen molar-refractivity contribution in [1.29, 1.82) is 0 Å². The third kappa shape index (κ3) is 4.70. The summed E-state index contributed by atoms with van der Waals surface area (Å²) in [6.45, 7) is 4.69. The van der Waals surface area contributed by atoms with E-state index in [0.717, 1.165) is 17.8 Å². The van der Waals surface area contributed by atoms with Gasteiger partial charge >= 0.3 is 0 Å². The quantitative estimate of drug-likeness (QED) is 0.524. The lowest BCUT2D eigenvalue weighted by atomic mass is 9.97. The van der Waals surface area contributed by atoms with E-state index in [4.69, 9.17) is 9.47 Å². The zero-order valence-electron chi connectivity index (χ0n) is 21.2. The molecule has 0 aliphatic carbocycles. The Morgan fingerprint density at radius 2 is 1.97 bits per heavy atom. The molecule has 1 saturated heterocycles. The van der Waals surface area contributed by atoms with Gasteiger partial charge in [0.25, 0.3) is 0 Å². The van der Waals surface area contributed by atoms with Crippen molar-refractivity contribution in [2.45, 2.75) is 57.9 Å². The molecule has 1 fully saturated rings. The van der Waals surface area contributed by atoms with Crippen molar-refractivity contribution in [3.63, 3.8) is 0 Å². The molecule has 9 heteroatoms. The molecule has 5 rings (SSSR count). The van der Waals surface area contributed by atoms with Gasteiger partial charge in [0.15, 0.2) is 0 Å². The lowest BCUT2D eigenvalue weighted by Gasteiger charge is -2.37. The van der Waals surface area contributed by atoms with Gasteiger partial charge in [0.1, 0.15) is 23.5 Å². The summed E-state index contributed by atoms with van der Waals surface area (Å²) in [6, 6.07) is 12.7. The highest BCUT2D eigenvalue weighted by Crippen LogP contribution is 2.34. The molecule has 190 valence electrons. The molecule has 0 bridgehead atoms. The molecule has 36 heavy (non-hydrogen) atoms. The third-order valence-corrected chi connectivity index (χ3v) is 7.29. The first kappa shape index (κ1) is 24.0. The van der Waals surface area contributed by atoms with Gasteiger partial charge in [-0.25, -0.2) is 5.43 Å². The van der Waals surface area contributed by atoms with Gasteiger partial charge < -0.3 is 24.7 Å². The van der Waals surface area contributed by atoms with Gasteiger partial charge in [0.2, 0.25) is 5.91 Å². The maximum atomic E-state index is 12.6. The van der Waals surface area contributed by atoms with Crippen molar-refractivity contribution >= 4 is 11.7 Å². The fourth-order valence-corrected chi connectivity index (χ4v) is 5.02. The number of hydrazone groups is 1. The van der Waals surface area contributed by atoms with Crippen LogP contribution in [0.3, 0.4) is 0 Å². The smallest absolute Gasteiger partial charge is 0.220 e. The number of fused-ring (bicyclic) bond motifs is 3. The van der Waals surface area contributed by atoms with E-state index in [1.165, 1.54) is 16.7 Å². The van der Waals surface area contributed by atoms with E-state index in [0.29, 0.717) is 30.9 Å². The molecule has 2 aromatic carbocycles. The molecular formula is C27H34N6O3. The number of amidine groups is 1. The number of nitrogens with one attached hydrogen (secondary N) is 3. The maximum absolute atomic E-state index is 12.6. The van der Waals surface area contributed by atoms with Crippen LogP contribution < -0.4 is 25.6 Å². The zero-order valence-corrected chi connectivity index (χ0v) is 21.2. The third-order valence-electron chi connectivity index (χ3n) is 7.29. The Morgan fingerprint density at radius 1 is 1.11 bits per heavy atom. The normalized spacial score (nSPS) is 22.0. The molecule has 0 aromatic heterocycles. The van der Waals surface area contributed by atoms with Crippen molar-refractivity contribution in [2.24, 2.45) is 5.10 Å². The van der Waals surface area contributed by atoms with Crippen molar-refractivity contribution in [3.8, 4) is 11.5 Å². The number of methoxy groups -OCH3 is 2. The van der Waals surface area contributed by atoms with Crippen LogP contribution in [-0.4, -0.2) is 48.1 Å². The van der Waals surface area contributed by atoms with Crippen molar-refractivity contribution in [2.75, 3.05) is 14.2 Å². The second-order valence-electron chi connectivity index (χ2n) is 9.50. The Hall–Kier alpha value is -3.72. The molecule has 3 unspecified atom stereocenters. The predicted octanol–water partition coefficient (Wildman–Crippen LogP) is 3.07. The number of amides is 1. The Labute approximate surface area is 212 Å². The summed E-state index contributed by atoms with van der Waals surface area (Å²) < 4.78 is 10.7. The molecule has 3 aliphatic heterocycles. The number of ether oxygens (including phenoxy) is 2. The molecule has 3 aliphatic rings. The van der Waals surface area contributed by atoms with Crippen LogP contribution in [0.2, 0.25) is 0 Å². The number of aryl methyl sites for hydroxylation is 2. The Balaban J connectivity index is 1.14. The summed E-state index contributed by atoms with van der Waals surface area (Å²) in [6.07, 6.45) is 6.03. The number of hydrogen-bond acceptors (Lipinski definition) is 8. The minimum Gasteiger partial charge on any atom is -0.497 e. The van der Waals surface area contributed by atoms with Gasteiger partial charge in [0, 0.05) is 43.4 Å². The maximum Gasteiger partial charge on any atom is 0.220 e. The van der Waals surface area contributed by atoms with Crippen LogP contribution in [0.25, 0.3) is 0 Å². The first-order chi connectivity index (χ1) is 17.5. The second-order valence-corrected chi connectivity index (χ2v) is 9.50. The minimum atomic E-state index is -0.0287. The molecular weight excluding hydrogens is 456 g/mol. The molecule has 2 aromatic rings. The van der Waals surface area contributed by atoms with E-state index in [1.807, 2.05) is 24.4 Å². The van der Waals surface area contributed by atoms with Crippen LogP contribution in [0, 0.1) is 13.8 Å². The van der Waals surface area contributed by atoms with Crippen LogP contribution in [0.5, 0.6) is 11.5 Å². The number of hydrogen-bond donors (Lipinski definition) is 3. The summed E-state index contributed by atoms with van der Waals surface area (Å²) in [5.74, 6) is 2.25. The fraction of sp³-hybridized carbons (Fsp3) is 0.407. The van der Waals surface area contributed by atoms with E-state index >= 15 is 0 Å². The van der Waals surface area contributed by atoms with Crippen LogP contribution in [0.1, 0.15) is 47.6 Å². The average molecular weight is 491 g/mol. The molecule has 3 N–H and O–H groups in total. The molecule has 3 heterocycles. The first-order valence-corrected chi connectivity index (χ1v) is 12.3. The number of rotatable bonds is 8. The van der Waals surface area contributed by atoms with Crippen LogP contribution in [0.4, 0.5) is 0 Å². The lowest BCUT2D eigenvalue weighted by molar-refractivity contribution is -0.121. The van der Waals surface area contributed by atoms with Crippen LogP contribution >= 0.6 is 0 Å². The summed E-state index contributed by atoms with van der Waals surface area (Å²) >= 11 is 0. The van der Waals surface area contributed by atoms with Gasteiger partial charge in [-0.2, -0.15) is 5.10 Å². The van der Waals surface area contributed by atoms with Crippen LogP contribution in [-0.2, 0) is 11.3 Å². The number of benzene rings is 2.